The van der Waals surface area contributed by atoms with E-state index in [9.17, 15) is 18.0 Å². The molecule has 1 aromatic rings. The Labute approximate surface area is 106 Å². The number of hydrogen-bond acceptors (Lipinski definition) is 3. The number of esters is 1. The lowest BCUT2D eigenvalue weighted by molar-refractivity contribution is -0.140. The molecule has 0 atom stereocenters. The first-order valence-corrected chi connectivity index (χ1v) is 5.04. The van der Waals surface area contributed by atoms with Crippen LogP contribution in [0.2, 0.25) is 5.02 Å². The normalized spacial score (nSPS) is 10.9. The minimum Gasteiger partial charge on any atom is -0.469 e. The molecule has 0 heterocycles. The first-order chi connectivity index (χ1) is 8.31. The summed E-state index contributed by atoms with van der Waals surface area (Å²) in [6.07, 6.45) is -5.17. The summed E-state index contributed by atoms with van der Waals surface area (Å²) in [6.45, 7) is 0. The van der Waals surface area contributed by atoms with Gasteiger partial charge >= 0.3 is 12.1 Å². The Morgan fingerprint density at radius 1 is 1.50 bits per heavy atom. The van der Waals surface area contributed by atoms with Crippen LogP contribution in [0.4, 0.5) is 13.2 Å². The standard InChI is InChI=1S/C11H7ClF3NO2/c1-18-9(17)4-6-2-3-8(12)10(7(6)5-16)11(13,14)15/h2-3H,4H2,1H3. The molecule has 0 aliphatic carbocycles. The van der Waals surface area contributed by atoms with Crippen molar-refractivity contribution in [1.82, 2.24) is 0 Å². The maximum Gasteiger partial charge on any atom is 0.419 e. The molecule has 0 unspecified atom stereocenters. The van der Waals surface area contributed by atoms with E-state index in [1.165, 1.54) is 12.1 Å². The Kier molecular flexibility index (Phi) is 4.19. The number of benzene rings is 1. The Morgan fingerprint density at radius 3 is 2.56 bits per heavy atom. The maximum absolute atomic E-state index is 12.7. The van der Waals surface area contributed by atoms with Crippen LogP contribution in [0.1, 0.15) is 16.7 Å². The summed E-state index contributed by atoms with van der Waals surface area (Å²) in [7, 11) is 1.11. The number of methoxy groups -OCH3 is 1. The van der Waals surface area contributed by atoms with Gasteiger partial charge < -0.3 is 4.74 Å². The van der Waals surface area contributed by atoms with Crippen molar-refractivity contribution in [3.63, 3.8) is 0 Å². The average molecular weight is 278 g/mol. The predicted molar refractivity (Wildman–Crippen MR) is 56.9 cm³/mol. The van der Waals surface area contributed by atoms with Gasteiger partial charge in [-0.15, -0.1) is 0 Å². The minimum atomic E-state index is -4.76. The highest BCUT2D eigenvalue weighted by molar-refractivity contribution is 6.31. The number of ether oxygens (including phenoxy) is 1. The third-order valence-corrected chi connectivity index (χ3v) is 2.51. The fraction of sp³-hybridized carbons (Fsp3) is 0.273. The number of rotatable bonds is 2. The third kappa shape index (κ3) is 2.93. The van der Waals surface area contributed by atoms with Crippen molar-refractivity contribution in [1.29, 1.82) is 5.26 Å². The molecule has 0 bridgehead atoms. The monoisotopic (exact) mass is 277 g/mol. The molecule has 7 heteroatoms. The van der Waals surface area contributed by atoms with Gasteiger partial charge in [0.25, 0.3) is 0 Å². The Hall–Kier alpha value is -1.74. The average Bonchev–Trinajstić information content (AvgIpc) is 2.29. The highest BCUT2D eigenvalue weighted by atomic mass is 35.5. The van der Waals surface area contributed by atoms with Crippen LogP contribution in [0, 0.1) is 11.3 Å². The Balaban J connectivity index is 3.40. The van der Waals surface area contributed by atoms with Gasteiger partial charge in [0.2, 0.25) is 0 Å². The number of nitrogens with zero attached hydrogens (tertiary/aromatic N) is 1. The summed E-state index contributed by atoms with van der Waals surface area (Å²) < 4.78 is 42.6. The largest absolute Gasteiger partial charge is 0.469 e. The van der Waals surface area contributed by atoms with E-state index >= 15 is 0 Å². The molecule has 0 amide bonds. The van der Waals surface area contributed by atoms with Crippen LogP contribution in [0.3, 0.4) is 0 Å². The molecule has 0 spiro atoms. The maximum atomic E-state index is 12.7. The molecule has 18 heavy (non-hydrogen) atoms. The molecule has 0 aliphatic rings. The second-order valence-electron chi connectivity index (χ2n) is 3.32. The van der Waals surface area contributed by atoms with E-state index in [0.717, 1.165) is 13.2 Å². The summed E-state index contributed by atoms with van der Waals surface area (Å²) in [5.74, 6) is -0.734. The van der Waals surface area contributed by atoms with Gasteiger partial charge in [0.15, 0.2) is 0 Å². The lowest BCUT2D eigenvalue weighted by Crippen LogP contribution is -2.13. The Bertz CT molecular complexity index is 520. The molecule has 0 saturated carbocycles. The molecule has 1 aromatic carbocycles. The van der Waals surface area contributed by atoms with Gasteiger partial charge in [-0.2, -0.15) is 18.4 Å². The van der Waals surface area contributed by atoms with E-state index < -0.39 is 34.7 Å². The molecule has 0 N–H and O–H groups in total. The smallest absolute Gasteiger partial charge is 0.419 e. The molecule has 0 radical (unpaired) electrons. The van der Waals surface area contributed by atoms with E-state index in [4.69, 9.17) is 16.9 Å². The van der Waals surface area contributed by atoms with Crippen LogP contribution in [0.5, 0.6) is 0 Å². The summed E-state index contributed by atoms with van der Waals surface area (Å²) in [5.41, 5.74) is -1.95. The lowest BCUT2D eigenvalue weighted by atomic mass is 9.99. The SMILES string of the molecule is COC(=O)Cc1ccc(Cl)c(C(F)(F)F)c1C#N. The van der Waals surface area contributed by atoms with Crippen molar-refractivity contribution < 1.29 is 22.7 Å². The van der Waals surface area contributed by atoms with E-state index in [-0.39, 0.29) is 5.56 Å². The van der Waals surface area contributed by atoms with E-state index in [0.29, 0.717) is 0 Å². The van der Waals surface area contributed by atoms with Gasteiger partial charge in [0.05, 0.1) is 29.7 Å². The van der Waals surface area contributed by atoms with Gasteiger partial charge in [0.1, 0.15) is 6.07 Å². The number of nitriles is 1. The molecule has 96 valence electrons. The van der Waals surface area contributed by atoms with Crippen LogP contribution in [-0.4, -0.2) is 13.1 Å². The molecule has 0 aliphatic heterocycles. The second-order valence-corrected chi connectivity index (χ2v) is 3.73. The molecule has 0 fully saturated rings. The number of carbonyl (C=O) groups excluding carboxylic acids is 1. The zero-order chi connectivity index (χ0) is 13.9. The molecular formula is C11H7ClF3NO2. The summed E-state index contributed by atoms with van der Waals surface area (Å²) in [6, 6.07) is 3.63. The van der Waals surface area contributed by atoms with Gasteiger partial charge in [-0.3, -0.25) is 4.79 Å². The summed E-state index contributed by atoms with van der Waals surface area (Å²) in [4.78, 5) is 11.0. The van der Waals surface area contributed by atoms with Crippen molar-refractivity contribution >= 4 is 17.6 Å². The van der Waals surface area contributed by atoms with E-state index in [1.807, 2.05) is 0 Å². The number of carbonyl (C=O) groups is 1. The highest BCUT2D eigenvalue weighted by Crippen LogP contribution is 2.38. The van der Waals surface area contributed by atoms with Crippen LogP contribution in [0.25, 0.3) is 0 Å². The van der Waals surface area contributed by atoms with Gasteiger partial charge in [-0.1, -0.05) is 17.7 Å². The fourth-order valence-electron chi connectivity index (χ4n) is 1.40. The zero-order valence-corrected chi connectivity index (χ0v) is 9.89. The fourth-order valence-corrected chi connectivity index (χ4v) is 1.66. The van der Waals surface area contributed by atoms with Gasteiger partial charge in [-0.05, 0) is 11.6 Å². The number of hydrogen-bond donors (Lipinski definition) is 0. The second kappa shape index (κ2) is 5.27. The van der Waals surface area contributed by atoms with E-state index in [2.05, 4.69) is 4.74 Å². The highest BCUT2D eigenvalue weighted by Gasteiger charge is 2.37. The van der Waals surface area contributed by atoms with Crippen molar-refractivity contribution in [2.45, 2.75) is 12.6 Å². The van der Waals surface area contributed by atoms with Crippen molar-refractivity contribution in [3.8, 4) is 6.07 Å². The Morgan fingerprint density at radius 2 is 2.11 bits per heavy atom. The van der Waals surface area contributed by atoms with Crippen molar-refractivity contribution in [2.75, 3.05) is 7.11 Å². The third-order valence-electron chi connectivity index (χ3n) is 2.20. The molecule has 1 rings (SSSR count). The van der Waals surface area contributed by atoms with Crippen LogP contribution in [-0.2, 0) is 22.1 Å². The molecule has 0 saturated heterocycles. The molecule has 3 nitrogen and oxygen atoms in total. The first kappa shape index (κ1) is 14.3. The first-order valence-electron chi connectivity index (χ1n) is 4.66. The van der Waals surface area contributed by atoms with Crippen molar-refractivity contribution in [2.24, 2.45) is 0 Å². The topological polar surface area (TPSA) is 50.1 Å². The van der Waals surface area contributed by atoms with E-state index in [1.54, 1.807) is 0 Å². The number of alkyl halides is 3. The van der Waals surface area contributed by atoms with Crippen LogP contribution in [0.15, 0.2) is 12.1 Å². The van der Waals surface area contributed by atoms with Gasteiger partial charge in [-0.25, -0.2) is 0 Å². The number of halogens is 4. The summed E-state index contributed by atoms with van der Waals surface area (Å²) >= 11 is 5.45. The van der Waals surface area contributed by atoms with Gasteiger partial charge in [0, 0.05) is 0 Å². The van der Waals surface area contributed by atoms with Crippen molar-refractivity contribution in [3.05, 3.63) is 33.8 Å². The molecular weight excluding hydrogens is 271 g/mol. The predicted octanol–water partition coefficient (Wildman–Crippen LogP) is 2.95. The summed E-state index contributed by atoms with van der Waals surface area (Å²) in [5, 5.41) is 8.24. The quantitative estimate of drug-likeness (QED) is 0.781. The van der Waals surface area contributed by atoms with Crippen LogP contribution < -0.4 is 0 Å². The molecule has 0 aromatic heterocycles. The van der Waals surface area contributed by atoms with Crippen LogP contribution >= 0.6 is 11.6 Å². The zero-order valence-electron chi connectivity index (χ0n) is 9.14. The minimum absolute atomic E-state index is 0.0684. The lowest BCUT2D eigenvalue weighted by Gasteiger charge is -2.13.